The van der Waals surface area contributed by atoms with Crippen LogP contribution in [0.5, 0.6) is 0 Å². The Kier molecular flexibility index (Phi) is 6.73. The van der Waals surface area contributed by atoms with E-state index in [9.17, 15) is 8.78 Å². The van der Waals surface area contributed by atoms with Gasteiger partial charge < -0.3 is 5.32 Å². The maximum absolute atomic E-state index is 14.9. The molecule has 176 valence electrons. The van der Waals surface area contributed by atoms with Crippen molar-refractivity contribution < 1.29 is 8.78 Å². The summed E-state index contributed by atoms with van der Waals surface area (Å²) in [5.74, 6) is -0.720. The van der Waals surface area contributed by atoms with E-state index in [4.69, 9.17) is 0 Å². The van der Waals surface area contributed by atoms with Crippen LogP contribution in [0.25, 0.3) is 33.3 Å². The van der Waals surface area contributed by atoms with Crippen molar-refractivity contribution in [3.05, 3.63) is 120 Å². The molecular formula is C29H26F2N4. The second-order valence-electron chi connectivity index (χ2n) is 8.32. The Bertz CT molecular complexity index is 1490. The summed E-state index contributed by atoms with van der Waals surface area (Å²) < 4.78 is 28.4. The number of aromatic nitrogens is 3. The molecule has 0 bridgehead atoms. The third-order valence-corrected chi connectivity index (χ3v) is 6.01. The normalized spacial score (nSPS) is 12.4. The van der Waals surface area contributed by atoms with Crippen LogP contribution in [-0.2, 0) is 0 Å². The number of allylic oxidation sites excluding steroid dienone is 5. The quantitative estimate of drug-likeness (QED) is 0.279. The van der Waals surface area contributed by atoms with Crippen molar-refractivity contribution in [2.24, 2.45) is 0 Å². The fourth-order valence-corrected chi connectivity index (χ4v) is 4.00. The van der Waals surface area contributed by atoms with Gasteiger partial charge in [0.05, 0.1) is 11.4 Å². The van der Waals surface area contributed by atoms with E-state index in [1.54, 1.807) is 30.6 Å². The van der Waals surface area contributed by atoms with Crippen LogP contribution in [0.3, 0.4) is 0 Å². The molecule has 2 N–H and O–H groups in total. The number of halogens is 2. The summed E-state index contributed by atoms with van der Waals surface area (Å²) in [6, 6.07) is 11.6. The number of nitrogens with zero attached hydrogens (tertiary/aromatic N) is 2. The number of fused-ring (bicyclic) bond motifs is 1. The van der Waals surface area contributed by atoms with Crippen LogP contribution in [0, 0.1) is 18.6 Å². The van der Waals surface area contributed by atoms with Gasteiger partial charge in [0.25, 0.3) is 0 Å². The Morgan fingerprint density at radius 1 is 1.09 bits per heavy atom. The molecule has 0 aliphatic heterocycles. The first-order valence-corrected chi connectivity index (χ1v) is 11.1. The third kappa shape index (κ3) is 4.82. The van der Waals surface area contributed by atoms with Gasteiger partial charge in [-0.2, -0.15) is 5.10 Å². The largest absolute Gasteiger partial charge is 0.358 e. The van der Waals surface area contributed by atoms with E-state index < -0.39 is 5.82 Å². The van der Waals surface area contributed by atoms with Crippen molar-refractivity contribution in [2.75, 3.05) is 0 Å². The fraction of sp³-hybridized carbons (Fsp3) is 0.103. The molecule has 0 saturated carbocycles. The van der Waals surface area contributed by atoms with Gasteiger partial charge >= 0.3 is 0 Å². The molecule has 0 spiro atoms. The topological polar surface area (TPSA) is 53.6 Å². The first-order valence-electron chi connectivity index (χ1n) is 11.1. The number of aryl methyl sites for hydroxylation is 1. The summed E-state index contributed by atoms with van der Waals surface area (Å²) in [5, 5.41) is 11.0. The van der Waals surface area contributed by atoms with E-state index in [1.165, 1.54) is 18.2 Å². The molecule has 4 aromatic rings. The van der Waals surface area contributed by atoms with Crippen molar-refractivity contribution in [1.82, 2.24) is 20.5 Å². The second-order valence-corrected chi connectivity index (χ2v) is 8.32. The number of pyridine rings is 1. The van der Waals surface area contributed by atoms with Gasteiger partial charge in [0, 0.05) is 29.0 Å². The average molecular weight is 469 g/mol. The lowest BCUT2D eigenvalue weighted by Crippen LogP contribution is -2.11. The van der Waals surface area contributed by atoms with Crippen LogP contribution in [0.2, 0.25) is 0 Å². The molecule has 0 radical (unpaired) electrons. The molecule has 2 heterocycles. The summed E-state index contributed by atoms with van der Waals surface area (Å²) in [6.07, 6.45) is 7.00. The molecule has 6 heteroatoms. The highest BCUT2D eigenvalue weighted by molar-refractivity contribution is 5.93. The Balaban J connectivity index is 1.70. The summed E-state index contributed by atoms with van der Waals surface area (Å²) in [6.45, 7) is 13.8. The van der Waals surface area contributed by atoms with Gasteiger partial charge in [0.1, 0.15) is 11.3 Å². The van der Waals surface area contributed by atoms with Gasteiger partial charge in [-0.05, 0) is 78.9 Å². The van der Waals surface area contributed by atoms with Crippen LogP contribution in [0.4, 0.5) is 8.78 Å². The molecule has 4 rings (SSSR count). The zero-order valence-corrected chi connectivity index (χ0v) is 19.9. The van der Waals surface area contributed by atoms with E-state index in [0.29, 0.717) is 22.3 Å². The molecule has 0 aliphatic carbocycles. The lowest BCUT2D eigenvalue weighted by molar-refractivity contribution is 0.627. The summed E-state index contributed by atoms with van der Waals surface area (Å²) >= 11 is 0. The first kappa shape index (κ1) is 23.8. The minimum Gasteiger partial charge on any atom is -0.358 e. The van der Waals surface area contributed by atoms with Crippen LogP contribution in [0.15, 0.2) is 91.4 Å². The van der Waals surface area contributed by atoms with E-state index >= 15 is 0 Å². The molecular weight excluding hydrogens is 442 g/mol. The predicted octanol–water partition coefficient (Wildman–Crippen LogP) is 7.34. The number of benzene rings is 2. The minimum absolute atomic E-state index is 0.241. The zero-order valence-electron chi connectivity index (χ0n) is 19.9. The van der Waals surface area contributed by atoms with E-state index in [1.807, 2.05) is 39.0 Å². The zero-order chi connectivity index (χ0) is 25.1. The van der Waals surface area contributed by atoms with E-state index in [0.717, 1.165) is 33.5 Å². The van der Waals surface area contributed by atoms with Crippen LogP contribution >= 0.6 is 0 Å². The van der Waals surface area contributed by atoms with Crippen LogP contribution in [-0.4, -0.2) is 15.2 Å². The lowest BCUT2D eigenvalue weighted by Gasteiger charge is -2.16. The molecule has 0 saturated heterocycles. The number of aromatic amines is 1. The maximum atomic E-state index is 14.9. The standard InChI is InChI=1S/C29H26F2N4/c1-6-7-24(21-8-10-23(30)11-9-21)18(3)19(4)33-20(5)28-25-14-22(15-27(31)29(25)35-34-28)26-16-32-13-12-17(26)2/h6-16,33H,1,5H2,2-4H3,(H,34,35)/b19-18+,24-7+. The Labute approximate surface area is 203 Å². The predicted molar refractivity (Wildman–Crippen MR) is 139 cm³/mol. The van der Waals surface area contributed by atoms with Gasteiger partial charge in [-0.3, -0.25) is 10.1 Å². The molecule has 0 atom stereocenters. The van der Waals surface area contributed by atoms with Crippen molar-refractivity contribution in [3.8, 4) is 11.1 Å². The highest BCUT2D eigenvalue weighted by atomic mass is 19.1. The van der Waals surface area contributed by atoms with Gasteiger partial charge in [0.2, 0.25) is 0 Å². The lowest BCUT2D eigenvalue weighted by atomic mass is 9.97. The van der Waals surface area contributed by atoms with Crippen molar-refractivity contribution in [3.63, 3.8) is 0 Å². The molecule has 0 fully saturated rings. The molecule has 2 aromatic heterocycles. The van der Waals surface area contributed by atoms with Crippen molar-refractivity contribution >= 4 is 22.2 Å². The molecule has 35 heavy (non-hydrogen) atoms. The third-order valence-electron chi connectivity index (χ3n) is 6.01. The molecule has 2 aromatic carbocycles. The minimum atomic E-state index is -0.424. The highest BCUT2D eigenvalue weighted by Gasteiger charge is 2.16. The molecule has 0 unspecified atom stereocenters. The Hall–Kier alpha value is -4.32. The Morgan fingerprint density at radius 2 is 1.83 bits per heavy atom. The van der Waals surface area contributed by atoms with E-state index in [-0.39, 0.29) is 11.3 Å². The van der Waals surface area contributed by atoms with Gasteiger partial charge in [-0.15, -0.1) is 0 Å². The number of nitrogens with one attached hydrogen (secondary N) is 2. The molecule has 0 aliphatic rings. The second kappa shape index (κ2) is 9.89. The number of hydrogen-bond donors (Lipinski definition) is 2. The number of rotatable bonds is 7. The number of H-pyrrole nitrogens is 1. The summed E-state index contributed by atoms with van der Waals surface area (Å²) in [4.78, 5) is 4.18. The smallest absolute Gasteiger partial charge is 0.151 e. The molecule has 4 nitrogen and oxygen atoms in total. The SMILES string of the molecule is C=C/C=C(\C(C)=C(/C)NC(=C)c1[nH]nc2c(F)cc(-c3cnccc3C)cc12)c1ccc(F)cc1. The van der Waals surface area contributed by atoms with Crippen LogP contribution < -0.4 is 5.32 Å². The maximum Gasteiger partial charge on any atom is 0.151 e. The molecule has 0 amide bonds. The first-order chi connectivity index (χ1) is 16.8. The van der Waals surface area contributed by atoms with Crippen molar-refractivity contribution in [1.29, 1.82) is 0 Å². The Morgan fingerprint density at radius 3 is 2.51 bits per heavy atom. The number of hydrogen-bond acceptors (Lipinski definition) is 3. The van der Waals surface area contributed by atoms with Gasteiger partial charge in [-0.25, -0.2) is 8.78 Å². The summed E-state index contributed by atoms with van der Waals surface area (Å²) in [7, 11) is 0. The summed E-state index contributed by atoms with van der Waals surface area (Å²) in [5.41, 5.74) is 7.45. The monoisotopic (exact) mass is 468 g/mol. The van der Waals surface area contributed by atoms with Gasteiger partial charge in [0.15, 0.2) is 5.82 Å². The van der Waals surface area contributed by atoms with E-state index in [2.05, 4.69) is 33.7 Å². The highest BCUT2D eigenvalue weighted by Crippen LogP contribution is 2.31. The van der Waals surface area contributed by atoms with Gasteiger partial charge in [-0.1, -0.05) is 37.4 Å². The van der Waals surface area contributed by atoms with Crippen LogP contribution in [0.1, 0.15) is 30.7 Å². The average Bonchev–Trinajstić information content (AvgIpc) is 3.28. The van der Waals surface area contributed by atoms with Crippen molar-refractivity contribution in [2.45, 2.75) is 20.8 Å². The fourth-order valence-electron chi connectivity index (χ4n) is 4.00.